The molecule has 2 bridgehead atoms. The molecule has 1 N–H and O–H groups in total. The molecule has 5 heterocycles. The van der Waals surface area contributed by atoms with Crippen LogP contribution in [0.1, 0.15) is 49.2 Å². The summed E-state index contributed by atoms with van der Waals surface area (Å²) in [5, 5.41) is 10.5. The Bertz CT molecular complexity index is 1090. The molecule has 4 atom stereocenters. The van der Waals surface area contributed by atoms with Crippen molar-refractivity contribution in [3.05, 3.63) is 69.9 Å². The van der Waals surface area contributed by atoms with Gasteiger partial charge in [-0.3, -0.25) is 19.5 Å². The maximum atomic E-state index is 13.8. The number of piperidine rings is 1. The average Bonchev–Trinajstić information content (AvgIpc) is 3.05. The molecule has 2 saturated heterocycles. The van der Waals surface area contributed by atoms with Gasteiger partial charge in [-0.15, -0.1) is 0 Å². The smallest absolute Gasteiger partial charge is 0.258 e. The minimum absolute atomic E-state index is 0.0270. The van der Waals surface area contributed by atoms with E-state index >= 15 is 0 Å². The molecule has 2 aromatic rings. The fourth-order valence-electron chi connectivity index (χ4n) is 6.05. The minimum atomic E-state index is -0.373. The van der Waals surface area contributed by atoms with Crippen LogP contribution in [0.4, 0.5) is 0 Å². The molecule has 0 aromatic carbocycles. The number of carbonyl (C=O) groups is 1. The maximum absolute atomic E-state index is 13.8. The Morgan fingerprint density at radius 3 is 2.70 bits per heavy atom. The van der Waals surface area contributed by atoms with E-state index in [2.05, 4.69) is 9.88 Å². The fourth-order valence-corrected chi connectivity index (χ4v) is 6.05. The van der Waals surface area contributed by atoms with Gasteiger partial charge in [-0.2, -0.15) is 0 Å². The molecule has 2 aromatic heterocycles. The topological polar surface area (TPSA) is 78.7 Å². The molecule has 3 aliphatic rings. The number of aliphatic hydroxyl groups is 1. The predicted octanol–water partition coefficient (Wildman–Crippen LogP) is 2.45. The van der Waals surface area contributed by atoms with Crippen LogP contribution in [-0.2, 0) is 17.9 Å². The van der Waals surface area contributed by atoms with Gasteiger partial charge in [0.25, 0.3) is 5.56 Å². The molecule has 0 radical (unpaired) electrons. The second-order valence-corrected chi connectivity index (χ2v) is 9.39. The van der Waals surface area contributed by atoms with Crippen LogP contribution in [0.15, 0.2) is 47.4 Å². The third-order valence-electron chi connectivity index (χ3n) is 7.57. The summed E-state index contributed by atoms with van der Waals surface area (Å²) in [7, 11) is 0. The molecular formula is C26H32N4O3. The van der Waals surface area contributed by atoms with Gasteiger partial charge < -0.3 is 14.6 Å². The maximum Gasteiger partial charge on any atom is 0.258 e. The van der Waals surface area contributed by atoms with Crippen molar-refractivity contribution in [2.45, 2.75) is 51.4 Å². The number of likely N-dealkylation sites (tertiary alicyclic amines) is 1. The summed E-state index contributed by atoms with van der Waals surface area (Å²) < 4.78 is 1.84. The zero-order chi connectivity index (χ0) is 22.9. The first-order valence-corrected chi connectivity index (χ1v) is 12.1. The van der Waals surface area contributed by atoms with Gasteiger partial charge >= 0.3 is 0 Å². The van der Waals surface area contributed by atoms with Crippen molar-refractivity contribution in [1.82, 2.24) is 19.4 Å². The van der Waals surface area contributed by atoms with Crippen LogP contribution in [-0.4, -0.2) is 56.1 Å². The summed E-state index contributed by atoms with van der Waals surface area (Å²) in [4.78, 5) is 35.9. The van der Waals surface area contributed by atoms with E-state index in [9.17, 15) is 14.7 Å². The van der Waals surface area contributed by atoms with Crippen LogP contribution in [0.5, 0.6) is 0 Å². The van der Waals surface area contributed by atoms with Gasteiger partial charge in [-0.05, 0) is 50.5 Å². The van der Waals surface area contributed by atoms with E-state index < -0.39 is 0 Å². The first-order valence-electron chi connectivity index (χ1n) is 12.1. The Morgan fingerprint density at radius 2 is 2.00 bits per heavy atom. The summed E-state index contributed by atoms with van der Waals surface area (Å²) in [5.74, 6) is -0.481. The Hall–Kier alpha value is -2.77. The molecular weight excluding hydrogens is 416 g/mol. The van der Waals surface area contributed by atoms with Crippen LogP contribution < -0.4 is 5.56 Å². The van der Waals surface area contributed by atoms with Gasteiger partial charge in [0.15, 0.2) is 0 Å². The van der Waals surface area contributed by atoms with Crippen LogP contribution >= 0.6 is 0 Å². The number of fused-ring (bicyclic) bond motifs is 4. The van der Waals surface area contributed by atoms with Gasteiger partial charge in [0.05, 0.1) is 17.7 Å². The monoisotopic (exact) mass is 448 g/mol. The molecule has 0 spiro atoms. The van der Waals surface area contributed by atoms with Gasteiger partial charge in [-0.1, -0.05) is 18.2 Å². The summed E-state index contributed by atoms with van der Waals surface area (Å²) in [5.41, 5.74) is 2.42. The van der Waals surface area contributed by atoms with E-state index in [1.54, 1.807) is 6.20 Å². The SMILES string of the molecule is C/C=C/c1ccc2n(c1=O)C[C@H]1[C@H](CO)[C@@H](C(=O)N3CCCCC3)[C@@H]2N1Cc1ccccn1. The number of nitrogens with zero attached hydrogens (tertiary/aromatic N) is 4. The zero-order valence-electron chi connectivity index (χ0n) is 19.1. The number of amides is 1. The first kappa shape index (κ1) is 22.0. The number of allylic oxidation sites excluding steroid dienone is 1. The highest BCUT2D eigenvalue weighted by Gasteiger charge is 2.56. The number of aromatic nitrogens is 2. The Labute approximate surface area is 194 Å². The van der Waals surface area contributed by atoms with Crippen LogP contribution in [0.2, 0.25) is 0 Å². The zero-order valence-corrected chi connectivity index (χ0v) is 19.1. The largest absolute Gasteiger partial charge is 0.396 e. The van der Waals surface area contributed by atoms with Crippen LogP contribution in [0.25, 0.3) is 6.08 Å². The van der Waals surface area contributed by atoms with Crippen molar-refractivity contribution in [1.29, 1.82) is 0 Å². The highest BCUT2D eigenvalue weighted by atomic mass is 16.3. The van der Waals surface area contributed by atoms with Crippen molar-refractivity contribution in [3.63, 3.8) is 0 Å². The summed E-state index contributed by atoms with van der Waals surface area (Å²) in [6.07, 6.45) is 8.68. The molecule has 0 unspecified atom stereocenters. The van der Waals surface area contributed by atoms with E-state index in [4.69, 9.17) is 0 Å². The quantitative estimate of drug-likeness (QED) is 0.760. The summed E-state index contributed by atoms with van der Waals surface area (Å²) >= 11 is 0. The lowest BCUT2D eigenvalue weighted by Gasteiger charge is -2.38. The van der Waals surface area contributed by atoms with Crippen LogP contribution in [0, 0.1) is 11.8 Å². The molecule has 7 heteroatoms. The molecule has 33 heavy (non-hydrogen) atoms. The molecule has 7 nitrogen and oxygen atoms in total. The number of rotatable bonds is 5. The lowest BCUT2D eigenvalue weighted by Crippen LogP contribution is -2.46. The van der Waals surface area contributed by atoms with Crippen molar-refractivity contribution in [2.24, 2.45) is 11.8 Å². The summed E-state index contributed by atoms with van der Waals surface area (Å²) in [6.45, 7) is 4.43. The van der Waals surface area contributed by atoms with E-state index in [-0.39, 0.29) is 42.0 Å². The highest BCUT2D eigenvalue weighted by molar-refractivity contribution is 5.81. The molecule has 2 fully saturated rings. The van der Waals surface area contributed by atoms with E-state index in [1.807, 2.05) is 58.9 Å². The Balaban J connectivity index is 1.60. The van der Waals surface area contributed by atoms with Crippen molar-refractivity contribution < 1.29 is 9.90 Å². The second-order valence-electron chi connectivity index (χ2n) is 9.39. The first-order chi connectivity index (χ1) is 16.1. The molecule has 1 amide bonds. The van der Waals surface area contributed by atoms with Gasteiger partial charge in [0.2, 0.25) is 5.91 Å². The second kappa shape index (κ2) is 9.23. The normalized spacial score (nSPS) is 27.2. The van der Waals surface area contributed by atoms with Crippen molar-refractivity contribution >= 4 is 12.0 Å². The lowest BCUT2D eigenvalue weighted by atomic mass is 9.85. The standard InChI is InChI=1S/C26H32N4O3/c1-2-8-18-10-11-21-24-23(26(33)28-13-6-3-7-14-28)20(17-31)22(16-30(21)25(18)32)29(24)15-19-9-4-5-12-27-19/h2,4-5,8-12,20,22-24,31H,3,6-7,13-17H2,1H3/b8-2+/t20-,22-,23+,24+/m0/s1. The Kier molecular flexibility index (Phi) is 6.17. The third kappa shape index (κ3) is 3.83. The number of aliphatic hydroxyl groups excluding tert-OH is 1. The van der Waals surface area contributed by atoms with Gasteiger partial charge in [0, 0.05) is 62.2 Å². The van der Waals surface area contributed by atoms with Crippen molar-refractivity contribution in [2.75, 3.05) is 19.7 Å². The van der Waals surface area contributed by atoms with E-state index in [1.165, 1.54) is 0 Å². The number of hydrogen-bond donors (Lipinski definition) is 1. The van der Waals surface area contributed by atoms with Gasteiger partial charge in [0.1, 0.15) is 0 Å². The third-order valence-corrected chi connectivity index (χ3v) is 7.57. The average molecular weight is 449 g/mol. The Morgan fingerprint density at radius 1 is 1.18 bits per heavy atom. The fraction of sp³-hybridized carbons (Fsp3) is 0.500. The highest BCUT2D eigenvalue weighted by Crippen LogP contribution is 2.49. The van der Waals surface area contributed by atoms with E-state index in [0.29, 0.717) is 18.7 Å². The van der Waals surface area contributed by atoms with Gasteiger partial charge in [-0.25, -0.2) is 0 Å². The van der Waals surface area contributed by atoms with Crippen molar-refractivity contribution in [3.8, 4) is 0 Å². The van der Waals surface area contributed by atoms with Crippen LogP contribution in [0.3, 0.4) is 0 Å². The minimum Gasteiger partial charge on any atom is -0.396 e. The molecule has 5 rings (SSSR count). The molecule has 3 aliphatic heterocycles. The number of carbonyl (C=O) groups excluding carboxylic acids is 1. The van der Waals surface area contributed by atoms with E-state index in [0.717, 1.165) is 43.7 Å². The summed E-state index contributed by atoms with van der Waals surface area (Å²) in [6, 6.07) is 9.35. The lowest BCUT2D eigenvalue weighted by molar-refractivity contribution is -0.139. The predicted molar refractivity (Wildman–Crippen MR) is 126 cm³/mol. The molecule has 0 aliphatic carbocycles. The molecule has 174 valence electrons. The molecule has 0 saturated carbocycles. The number of hydrogen-bond acceptors (Lipinski definition) is 5. The number of pyridine rings is 2.